The standard InChI is InChI=1S/C18H15FN2O3/c19-13-7-3-1-5-11(13)14(10-20)21-18(23)17-9-15(22)12-6-2-4-8-16(12)24-17/h1-9,14H,10,20H2,(H,21,23). The first-order chi connectivity index (χ1) is 11.6. The third-order valence-corrected chi connectivity index (χ3v) is 3.68. The molecule has 0 bridgehead atoms. The van der Waals surface area contributed by atoms with Crippen molar-refractivity contribution in [2.24, 2.45) is 5.73 Å². The number of carbonyl (C=O) groups excluding carboxylic acids is 1. The number of amides is 1. The highest BCUT2D eigenvalue weighted by Gasteiger charge is 2.19. The Hall–Kier alpha value is -2.99. The second-order valence-corrected chi connectivity index (χ2v) is 5.25. The fourth-order valence-corrected chi connectivity index (χ4v) is 2.47. The van der Waals surface area contributed by atoms with Gasteiger partial charge < -0.3 is 15.5 Å². The molecule has 3 N–H and O–H groups in total. The van der Waals surface area contributed by atoms with Crippen LogP contribution in [-0.2, 0) is 0 Å². The predicted molar refractivity (Wildman–Crippen MR) is 88.1 cm³/mol. The van der Waals surface area contributed by atoms with Crippen molar-refractivity contribution < 1.29 is 13.6 Å². The van der Waals surface area contributed by atoms with Gasteiger partial charge in [0.1, 0.15) is 11.4 Å². The summed E-state index contributed by atoms with van der Waals surface area (Å²) in [6.07, 6.45) is 0. The zero-order chi connectivity index (χ0) is 17.1. The SMILES string of the molecule is NCC(NC(=O)c1cc(=O)c2ccccc2o1)c1ccccc1F. The number of halogens is 1. The van der Waals surface area contributed by atoms with Gasteiger partial charge in [-0.25, -0.2) is 4.39 Å². The molecule has 1 heterocycles. The summed E-state index contributed by atoms with van der Waals surface area (Å²) in [4.78, 5) is 24.4. The van der Waals surface area contributed by atoms with Gasteiger partial charge in [-0.2, -0.15) is 0 Å². The highest BCUT2D eigenvalue weighted by Crippen LogP contribution is 2.17. The minimum absolute atomic E-state index is 0.00445. The molecule has 0 saturated carbocycles. The molecule has 1 unspecified atom stereocenters. The van der Waals surface area contributed by atoms with Crippen LogP contribution in [-0.4, -0.2) is 12.5 Å². The summed E-state index contributed by atoms with van der Waals surface area (Å²) in [5.74, 6) is -1.24. The quantitative estimate of drug-likeness (QED) is 0.771. The number of fused-ring (bicyclic) bond motifs is 1. The van der Waals surface area contributed by atoms with Crippen LogP contribution in [0.5, 0.6) is 0 Å². The van der Waals surface area contributed by atoms with Crippen molar-refractivity contribution in [3.05, 3.63) is 82.0 Å². The molecule has 1 amide bonds. The van der Waals surface area contributed by atoms with E-state index in [1.54, 1.807) is 42.5 Å². The van der Waals surface area contributed by atoms with E-state index in [4.69, 9.17) is 10.2 Å². The maximum atomic E-state index is 13.9. The van der Waals surface area contributed by atoms with E-state index in [1.165, 1.54) is 6.07 Å². The van der Waals surface area contributed by atoms with Gasteiger partial charge in [-0.3, -0.25) is 9.59 Å². The van der Waals surface area contributed by atoms with Crippen LogP contribution in [0.1, 0.15) is 22.2 Å². The molecule has 2 aromatic carbocycles. The molecule has 3 rings (SSSR count). The Labute approximate surface area is 136 Å². The van der Waals surface area contributed by atoms with Crippen LogP contribution >= 0.6 is 0 Å². The van der Waals surface area contributed by atoms with Crippen LogP contribution in [0.25, 0.3) is 11.0 Å². The molecule has 0 saturated heterocycles. The van der Waals surface area contributed by atoms with Crippen LogP contribution in [0.4, 0.5) is 4.39 Å². The normalized spacial score (nSPS) is 12.1. The average molecular weight is 326 g/mol. The molecule has 3 aromatic rings. The number of para-hydroxylation sites is 1. The number of rotatable bonds is 4. The van der Waals surface area contributed by atoms with E-state index in [9.17, 15) is 14.0 Å². The van der Waals surface area contributed by atoms with Crippen LogP contribution < -0.4 is 16.5 Å². The fraction of sp³-hybridized carbons (Fsp3) is 0.111. The van der Waals surface area contributed by atoms with E-state index in [-0.39, 0.29) is 23.3 Å². The summed E-state index contributed by atoms with van der Waals surface area (Å²) >= 11 is 0. The second-order valence-electron chi connectivity index (χ2n) is 5.25. The Kier molecular flexibility index (Phi) is 4.39. The number of nitrogens with one attached hydrogen (secondary N) is 1. The first-order valence-corrected chi connectivity index (χ1v) is 7.38. The predicted octanol–water partition coefficient (Wildman–Crippen LogP) is 2.36. The van der Waals surface area contributed by atoms with Gasteiger partial charge in [0.05, 0.1) is 11.4 Å². The molecule has 1 aromatic heterocycles. The molecule has 24 heavy (non-hydrogen) atoms. The molecule has 1 atom stereocenters. The lowest BCUT2D eigenvalue weighted by atomic mass is 10.1. The molecule has 0 aliphatic heterocycles. The Balaban J connectivity index is 1.92. The van der Waals surface area contributed by atoms with Gasteiger partial charge in [-0.15, -0.1) is 0 Å². The largest absolute Gasteiger partial charge is 0.451 e. The zero-order valence-electron chi connectivity index (χ0n) is 12.7. The van der Waals surface area contributed by atoms with E-state index in [0.29, 0.717) is 11.0 Å². The van der Waals surface area contributed by atoms with Gasteiger partial charge in [0, 0.05) is 18.2 Å². The van der Waals surface area contributed by atoms with E-state index < -0.39 is 17.8 Å². The lowest BCUT2D eigenvalue weighted by Gasteiger charge is -2.17. The van der Waals surface area contributed by atoms with Crippen molar-refractivity contribution in [2.45, 2.75) is 6.04 Å². The lowest BCUT2D eigenvalue weighted by molar-refractivity contribution is 0.0910. The first-order valence-electron chi connectivity index (χ1n) is 7.38. The van der Waals surface area contributed by atoms with Gasteiger partial charge in [-0.1, -0.05) is 30.3 Å². The second kappa shape index (κ2) is 6.64. The van der Waals surface area contributed by atoms with E-state index in [1.807, 2.05) is 0 Å². The van der Waals surface area contributed by atoms with Crippen molar-refractivity contribution in [3.63, 3.8) is 0 Å². The molecule has 0 aliphatic rings. The van der Waals surface area contributed by atoms with E-state index in [0.717, 1.165) is 6.07 Å². The lowest BCUT2D eigenvalue weighted by Crippen LogP contribution is -2.34. The topological polar surface area (TPSA) is 85.3 Å². The van der Waals surface area contributed by atoms with Crippen LogP contribution in [0.15, 0.2) is 63.8 Å². The minimum atomic E-state index is -0.726. The maximum Gasteiger partial charge on any atom is 0.287 e. The Morgan fingerprint density at radius 3 is 2.62 bits per heavy atom. The number of benzene rings is 2. The Morgan fingerprint density at radius 1 is 1.17 bits per heavy atom. The fourth-order valence-electron chi connectivity index (χ4n) is 2.47. The number of hydrogen-bond acceptors (Lipinski definition) is 4. The third-order valence-electron chi connectivity index (χ3n) is 3.68. The van der Waals surface area contributed by atoms with Gasteiger partial charge in [0.15, 0.2) is 11.2 Å². The van der Waals surface area contributed by atoms with Gasteiger partial charge in [-0.05, 0) is 18.2 Å². The highest BCUT2D eigenvalue weighted by atomic mass is 19.1. The van der Waals surface area contributed by atoms with Crippen molar-refractivity contribution in [1.29, 1.82) is 0 Å². The van der Waals surface area contributed by atoms with Crippen LogP contribution in [0, 0.1) is 5.82 Å². The average Bonchev–Trinajstić information content (AvgIpc) is 2.60. The molecule has 0 spiro atoms. The summed E-state index contributed by atoms with van der Waals surface area (Å²) < 4.78 is 19.3. The number of carbonyl (C=O) groups is 1. The number of hydrogen-bond donors (Lipinski definition) is 2. The van der Waals surface area contributed by atoms with Gasteiger partial charge >= 0.3 is 0 Å². The van der Waals surface area contributed by atoms with Crippen LogP contribution in [0.2, 0.25) is 0 Å². The Morgan fingerprint density at radius 2 is 1.88 bits per heavy atom. The molecule has 5 nitrogen and oxygen atoms in total. The zero-order valence-corrected chi connectivity index (χ0v) is 12.7. The van der Waals surface area contributed by atoms with Crippen molar-refractivity contribution in [2.75, 3.05) is 6.54 Å². The molecule has 0 radical (unpaired) electrons. The minimum Gasteiger partial charge on any atom is -0.451 e. The van der Waals surface area contributed by atoms with Crippen molar-refractivity contribution >= 4 is 16.9 Å². The van der Waals surface area contributed by atoms with E-state index >= 15 is 0 Å². The summed E-state index contributed by atoms with van der Waals surface area (Å²) in [7, 11) is 0. The summed E-state index contributed by atoms with van der Waals surface area (Å²) in [5.41, 5.74) is 5.91. The van der Waals surface area contributed by atoms with Gasteiger partial charge in [0.25, 0.3) is 5.91 Å². The summed E-state index contributed by atoms with van der Waals surface area (Å²) in [6, 6.07) is 13.1. The molecule has 0 fully saturated rings. The molecular formula is C18H15FN2O3. The molecule has 122 valence electrons. The molecule has 6 heteroatoms. The molecule has 0 aliphatic carbocycles. The molecular weight excluding hydrogens is 311 g/mol. The van der Waals surface area contributed by atoms with E-state index in [2.05, 4.69) is 5.32 Å². The summed E-state index contributed by atoms with van der Waals surface area (Å²) in [5, 5.41) is 2.98. The monoisotopic (exact) mass is 326 g/mol. The van der Waals surface area contributed by atoms with Crippen molar-refractivity contribution in [3.8, 4) is 0 Å². The summed E-state index contributed by atoms with van der Waals surface area (Å²) in [6.45, 7) is 0.00445. The number of nitrogens with two attached hydrogens (primary N) is 1. The maximum absolute atomic E-state index is 13.9. The third kappa shape index (κ3) is 3.04. The first kappa shape index (κ1) is 15.9. The Bertz CT molecular complexity index is 952. The highest BCUT2D eigenvalue weighted by molar-refractivity contribution is 5.93. The van der Waals surface area contributed by atoms with Gasteiger partial charge in [0.2, 0.25) is 0 Å². The van der Waals surface area contributed by atoms with Crippen LogP contribution in [0.3, 0.4) is 0 Å². The van der Waals surface area contributed by atoms with Crippen molar-refractivity contribution in [1.82, 2.24) is 5.32 Å². The smallest absolute Gasteiger partial charge is 0.287 e.